The molecule has 0 unspecified atom stereocenters. The third-order valence-electron chi connectivity index (χ3n) is 3.82. The van der Waals surface area contributed by atoms with Crippen LogP contribution in [0.25, 0.3) is 0 Å². The number of hydrogen-bond acceptors (Lipinski definition) is 2. The van der Waals surface area contributed by atoms with Crippen molar-refractivity contribution in [3.05, 3.63) is 35.4 Å². The molecule has 1 aliphatic rings. The van der Waals surface area contributed by atoms with Gasteiger partial charge < -0.3 is 5.32 Å². The lowest BCUT2D eigenvalue weighted by Crippen LogP contribution is -2.48. The second-order valence-electron chi connectivity index (χ2n) is 5.70. The normalized spacial score (nSPS) is 25.2. The van der Waals surface area contributed by atoms with Crippen LogP contribution in [-0.2, 0) is 11.2 Å². The predicted molar refractivity (Wildman–Crippen MR) is 74.3 cm³/mol. The highest BCUT2D eigenvalue weighted by Gasteiger charge is 2.48. The van der Waals surface area contributed by atoms with Gasteiger partial charge in [0, 0.05) is 6.54 Å². The molecule has 3 heteroatoms. The summed E-state index contributed by atoms with van der Waals surface area (Å²) in [7, 11) is 0. The van der Waals surface area contributed by atoms with E-state index in [1.807, 2.05) is 6.07 Å². The number of carbonyl (C=O) groups is 1. The summed E-state index contributed by atoms with van der Waals surface area (Å²) in [6.07, 6.45) is 2.20. The van der Waals surface area contributed by atoms with Gasteiger partial charge in [-0.15, -0.1) is 0 Å². The number of rotatable bonds is 4. The third kappa shape index (κ3) is 2.96. The van der Waals surface area contributed by atoms with Crippen molar-refractivity contribution in [3.63, 3.8) is 0 Å². The van der Waals surface area contributed by atoms with Crippen LogP contribution in [0, 0.1) is 29.6 Å². The van der Waals surface area contributed by atoms with Crippen LogP contribution in [0.15, 0.2) is 24.3 Å². The Hall–Kier alpha value is -1.82. The van der Waals surface area contributed by atoms with Gasteiger partial charge >= 0.3 is 0 Å². The zero-order valence-corrected chi connectivity index (χ0v) is 11.6. The third-order valence-corrected chi connectivity index (χ3v) is 3.82. The maximum atomic E-state index is 12.0. The fourth-order valence-electron chi connectivity index (χ4n) is 2.81. The van der Waals surface area contributed by atoms with Gasteiger partial charge in [-0.05, 0) is 37.7 Å². The highest BCUT2D eigenvalue weighted by molar-refractivity contribution is 5.86. The summed E-state index contributed by atoms with van der Waals surface area (Å²) in [6.45, 7) is 4.73. The maximum absolute atomic E-state index is 12.0. The van der Waals surface area contributed by atoms with Crippen LogP contribution in [0.3, 0.4) is 0 Å². The van der Waals surface area contributed by atoms with E-state index < -0.39 is 5.41 Å². The van der Waals surface area contributed by atoms with E-state index in [2.05, 4.69) is 43.4 Å². The van der Waals surface area contributed by atoms with Crippen LogP contribution < -0.4 is 5.32 Å². The van der Waals surface area contributed by atoms with Gasteiger partial charge in [-0.3, -0.25) is 4.79 Å². The predicted octanol–water partition coefficient (Wildman–Crippen LogP) is 2.59. The van der Waals surface area contributed by atoms with Gasteiger partial charge in [0.15, 0.2) is 0 Å². The van der Waals surface area contributed by atoms with Gasteiger partial charge in [-0.25, -0.2) is 0 Å². The van der Waals surface area contributed by atoms with E-state index in [1.165, 1.54) is 11.1 Å². The lowest BCUT2D eigenvalue weighted by atomic mass is 9.63. The molecule has 1 N–H and O–H groups in total. The summed E-state index contributed by atoms with van der Waals surface area (Å²) in [5.74, 6) is 0.392. The molecule has 0 aliphatic heterocycles. The SMILES string of the molecule is Cc1cccc(CCNC(=O)C2(C#N)CC(C)C2)c1. The Bertz CT molecular complexity index is 510. The summed E-state index contributed by atoms with van der Waals surface area (Å²) in [5, 5.41) is 12.1. The number of hydrogen-bond donors (Lipinski definition) is 1. The summed E-state index contributed by atoms with van der Waals surface area (Å²) in [5.41, 5.74) is 1.69. The Morgan fingerprint density at radius 3 is 2.84 bits per heavy atom. The van der Waals surface area contributed by atoms with Crippen molar-refractivity contribution in [2.24, 2.45) is 11.3 Å². The fraction of sp³-hybridized carbons (Fsp3) is 0.500. The second-order valence-corrected chi connectivity index (χ2v) is 5.70. The molecule has 0 heterocycles. The molecule has 1 aromatic rings. The average Bonchev–Trinajstić information content (AvgIpc) is 2.34. The van der Waals surface area contributed by atoms with Crippen molar-refractivity contribution in [2.45, 2.75) is 33.1 Å². The minimum absolute atomic E-state index is 0.0965. The monoisotopic (exact) mass is 256 g/mol. The van der Waals surface area contributed by atoms with Gasteiger partial charge in [-0.1, -0.05) is 36.8 Å². The number of aryl methyl sites for hydroxylation is 1. The van der Waals surface area contributed by atoms with E-state index in [4.69, 9.17) is 5.26 Å². The molecular formula is C16H20N2O. The van der Waals surface area contributed by atoms with Crippen molar-refractivity contribution in [1.29, 1.82) is 5.26 Å². The molecule has 0 spiro atoms. The second kappa shape index (κ2) is 5.44. The highest BCUT2D eigenvalue weighted by atomic mass is 16.2. The molecule has 0 aromatic heterocycles. The van der Waals surface area contributed by atoms with Gasteiger partial charge in [-0.2, -0.15) is 5.26 Å². The molecule has 100 valence electrons. The van der Waals surface area contributed by atoms with E-state index >= 15 is 0 Å². The molecule has 1 aromatic carbocycles. The Kier molecular flexibility index (Phi) is 3.90. The summed E-state index contributed by atoms with van der Waals surface area (Å²) in [6, 6.07) is 10.5. The van der Waals surface area contributed by atoms with Gasteiger partial charge in [0.25, 0.3) is 0 Å². The Balaban J connectivity index is 1.83. The average molecular weight is 256 g/mol. The molecule has 2 rings (SSSR count). The van der Waals surface area contributed by atoms with Gasteiger partial charge in [0.2, 0.25) is 5.91 Å². The first-order valence-corrected chi connectivity index (χ1v) is 6.81. The molecule has 0 radical (unpaired) electrons. The number of nitriles is 1. The number of nitrogens with zero attached hydrogens (tertiary/aromatic N) is 1. The van der Waals surface area contributed by atoms with Crippen molar-refractivity contribution in [2.75, 3.05) is 6.54 Å². The molecule has 1 fully saturated rings. The van der Waals surface area contributed by atoms with E-state index in [9.17, 15) is 4.79 Å². The number of carbonyl (C=O) groups excluding carboxylic acids is 1. The lowest BCUT2D eigenvalue weighted by molar-refractivity contribution is -0.133. The smallest absolute Gasteiger partial charge is 0.240 e. The van der Waals surface area contributed by atoms with Crippen molar-refractivity contribution in [3.8, 4) is 6.07 Å². The summed E-state index contributed by atoms with van der Waals surface area (Å²) in [4.78, 5) is 12.0. The van der Waals surface area contributed by atoms with Crippen LogP contribution in [0.2, 0.25) is 0 Å². The Morgan fingerprint density at radius 1 is 1.53 bits per heavy atom. The van der Waals surface area contributed by atoms with E-state index in [0.29, 0.717) is 25.3 Å². The van der Waals surface area contributed by atoms with Crippen LogP contribution in [0.1, 0.15) is 30.9 Å². The van der Waals surface area contributed by atoms with Crippen molar-refractivity contribution >= 4 is 5.91 Å². The molecule has 1 amide bonds. The quantitative estimate of drug-likeness (QED) is 0.900. The van der Waals surface area contributed by atoms with E-state index in [-0.39, 0.29) is 5.91 Å². The first-order chi connectivity index (χ1) is 9.05. The molecule has 3 nitrogen and oxygen atoms in total. The summed E-state index contributed by atoms with van der Waals surface area (Å²) >= 11 is 0. The standard InChI is InChI=1S/C16H20N2O/c1-12-4-3-5-14(8-12)6-7-18-15(19)16(11-17)9-13(2)10-16/h3-5,8,13H,6-7,9-10H2,1-2H3,(H,18,19). The fourth-order valence-corrected chi connectivity index (χ4v) is 2.81. The van der Waals surface area contributed by atoms with E-state index in [0.717, 1.165) is 6.42 Å². The lowest BCUT2D eigenvalue weighted by Gasteiger charge is -2.39. The number of nitrogens with one attached hydrogen (secondary N) is 1. The molecule has 1 saturated carbocycles. The molecule has 1 aliphatic carbocycles. The maximum Gasteiger partial charge on any atom is 0.240 e. The molecule has 0 atom stereocenters. The first-order valence-electron chi connectivity index (χ1n) is 6.81. The minimum Gasteiger partial charge on any atom is -0.354 e. The van der Waals surface area contributed by atoms with E-state index in [1.54, 1.807) is 0 Å². The number of benzene rings is 1. The molecular weight excluding hydrogens is 236 g/mol. The summed E-state index contributed by atoms with van der Waals surface area (Å²) < 4.78 is 0. The van der Waals surface area contributed by atoms with Crippen LogP contribution in [0.5, 0.6) is 0 Å². The highest BCUT2D eigenvalue weighted by Crippen LogP contribution is 2.44. The Labute approximate surface area is 114 Å². The van der Waals surface area contributed by atoms with Crippen LogP contribution >= 0.6 is 0 Å². The van der Waals surface area contributed by atoms with Crippen molar-refractivity contribution in [1.82, 2.24) is 5.32 Å². The topological polar surface area (TPSA) is 52.9 Å². The van der Waals surface area contributed by atoms with Gasteiger partial charge in [0.05, 0.1) is 6.07 Å². The van der Waals surface area contributed by atoms with Crippen molar-refractivity contribution < 1.29 is 4.79 Å². The van der Waals surface area contributed by atoms with Crippen LogP contribution in [-0.4, -0.2) is 12.5 Å². The minimum atomic E-state index is -0.758. The zero-order chi connectivity index (χ0) is 13.9. The Morgan fingerprint density at radius 2 is 2.26 bits per heavy atom. The largest absolute Gasteiger partial charge is 0.354 e. The molecule has 0 saturated heterocycles. The molecule has 19 heavy (non-hydrogen) atoms. The number of amides is 1. The first kappa shape index (κ1) is 13.6. The van der Waals surface area contributed by atoms with Crippen LogP contribution in [0.4, 0.5) is 0 Å². The van der Waals surface area contributed by atoms with Gasteiger partial charge in [0.1, 0.15) is 5.41 Å². The zero-order valence-electron chi connectivity index (χ0n) is 11.6. The molecule has 0 bridgehead atoms.